The van der Waals surface area contributed by atoms with E-state index >= 15 is 0 Å². The molecule has 2 fully saturated rings. The molecule has 2 saturated heterocycles. The van der Waals surface area contributed by atoms with E-state index in [-0.39, 0.29) is 48.9 Å². The summed E-state index contributed by atoms with van der Waals surface area (Å²) < 4.78 is 72.0. The molecule has 0 N–H and O–H groups in total. The molecule has 0 unspecified atom stereocenters. The van der Waals surface area contributed by atoms with Crippen LogP contribution in [0.5, 0.6) is 11.5 Å². The van der Waals surface area contributed by atoms with Gasteiger partial charge in [0.25, 0.3) is 0 Å². The Balaban J connectivity index is 0.00000158. The summed E-state index contributed by atoms with van der Waals surface area (Å²) in [5.74, 6) is 0.897. The number of piperidine rings is 1. The van der Waals surface area contributed by atoms with Crippen LogP contribution in [-0.2, 0) is 24.8 Å². The molecule has 0 aromatic heterocycles. The second-order valence-corrected chi connectivity index (χ2v) is 11.4. The molecule has 0 radical (unpaired) electrons. The maximum atomic E-state index is 13.4. The van der Waals surface area contributed by atoms with Crippen molar-refractivity contribution < 1.29 is 31.0 Å². The Kier molecular flexibility index (Phi) is 8.25. The third-order valence-corrected chi connectivity index (χ3v) is 9.77. The fraction of sp³-hybridized carbons (Fsp3) is 0.478. The second kappa shape index (κ2) is 10.6. The van der Waals surface area contributed by atoms with E-state index < -0.39 is 25.8 Å². The summed E-state index contributed by atoms with van der Waals surface area (Å²) in [5.41, 5.74) is -1.07. The maximum absolute atomic E-state index is 13.4. The van der Waals surface area contributed by atoms with Crippen molar-refractivity contribution >= 4 is 20.0 Å². The summed E-state index contributed by atoms with van der Waals surface area (Å²) in [6.07, 6.45) is 0.471. The summed E-state index contributed by atoms with van der Waals surface area (Å²) in [5, 5.41) is 0. The van der Waals surface area contributed by atoms with Gasteiger partial charge in [0, 0.05) is 44.6 Å². The molecule has 2 aromatic rings. The molecule has 2 aliphatic heterocycles. The van der Waals surface area contributed by atoms with Crippen LogP contribution in [0.3, 0.4) is 0 Å². The van der Waals surface area contributed by atoms with Crippen molar-refractivity contribution in [2.45, 2.75) is 42.2 Å². The molecular weight excluding hydrogens is 480 g/mol. The first-order chi connectivity index (χ1) is 16.2. The average Bonchev–Trinajstić information content (AvgIpc) is 3.29. The fourth-order valence-electron chi connectivity index (χ4n) is 4.20. The first kappa shape index (κ1) is 26.4. The van der Waals surface area contributed by atoms with Crippen LogP contribution in [0.1, 0.15) is 26.7 Å². The minimum atomic E-state index is -3.85. The van der Waals surface area contributed by atoms with E-state index in [9.17, 15) is 16.8 Å². The number of hydrogen-bond acceptors (Lipinski definition) is 7. The zero-order valence-corrected chi connectivity index (χ0v) is 21.6. The zero-order valence-electron chi connectivity index (χ0n) is 19.9. The minimum Gasteiger partial charge on any atom is -0.497 e. The summed E-state index contributed by atoms with van der Waals surface area (Å²) in [7, 11) is -4.64. The summed E-state index contributed by atoms with van der Waals surface area (Å²) >= 11 is 0. The van der Waals surface area contributed by atoms with Crippen LogP contribution in [0.4, 0.5) is 0 Å². The quantitative estimate of drug-likeness (QED) is 0.586. The number of ether oxygens (including phenoxy) is 3. The first-order valence-electron chi connectivity index (χ1n) is 11.2. The molecule has 1 spiro atoms. The highest BCUT2D eigenvalue weighted by molar-refractivity contribution is 7.89. The predicted molar refractivity (Wildman–Crippen MR) is 128 cm³/mol. The molecule has 2 heterocycles. The minimum absolute atomic E-state index is 0.119. The lowest BCUT2D eigenvalue weighted by atomic mass is 10.0. The van der Waals surface area contributed by atoms with Gasteiger partial charge in [-0.2, -0.15) is 8.61 Å². The largest absolute Gasteiger partial charge is 0.497 e. The number of nitrogens with zero attached hydrogens (tertiary/aromatic N) is 2. The van der Waals surface area contributed by atoms with Gasteiger partial charge < -0.3 is 14.2 Å². The van der Waals surface area contributed by atoms with E-state index in [1.807, 2.05) is 13.8 Å². The highest BCUT2D eigenvalue weighted by Gasteiger charge is 2.51. The van der Waals surface area contributed by atoms with Gasteiger partial charge in [0.2, 0.25) is 20.0 Å². The predicted octanol–water partition coefficient (Wildman–Crippen LogP) is 2.93. The Bertz CT molecular complexity index is 1190. The van der Waals surface area contributed by atoms with Gasteiger partial charge in [0.1, 0.15) is 17.2 Å². The van der Waals surface area contributed by atoms with Crippen LogP contribution in [-0.4, -0.2) is 71.6 Å². The molecule has 34 heavy (non-hydrogen) atoms. The number of benzene rings is 2. The zero-order chi connectivity index (χ0) is 25.0. The lowest BCUT2D eigenvalue weighted by Gasteiger charge is -2.42. The summed E-state index contributed by atoms with van der Waals surface area (Å²) in [6.45, 7) is 4.75. The molecule has 2 aromatic carbocycles. The van der Waals surface area contributed by atoms with Crippen molar-refractivity contribution in [3.8, 4) is 11.5 Å². The van der Waals surface area contributed by atoms with Crippen LogP contribution >= 0.6 is 0 Å². The lowest BCUT2D eigenvalue weighted by molar-refractivity contribution is -0.0806. The van der Waals surface area contributed by atoms with E-state index in [0.29, 0.717) is 11.5 Å². The van der Waals surface area contributed by atoms with Crippen molar-refractivity contribution in [3.63, 3.8) is 0 Å². The normalized spacial score (nSPS) is 18.8. The standard InChI is InChI=1S/C21H26N2O7S2.C2H6/c1-28-17-5-3-7-19(15-17)31(24,25)22-11-9-21(10-12-22)23(13-14-30-21)32(26,27)20-8-4-6-18(16-20)29-2;1-2/h3-8,15-16H,9-14H2,1-2H3;1-2H3. The molecule has 188 valence electrons. The Morgan fingerprint density at radius 3 is 1.79 bits per heavy atom. The topological polar surface area (TPSA) is 102 Å². The van der Waals surface area contributed by atoms with Crippen LogP contribution in [0.2, 0.25) is 0 Å². The Hall–Kier alpha value is -2.18. The van der Waals surface area contributed by atoms with Gasteiger partial charge in [0.15, 0.2) is 0 Å². The Labute approximate surface area is 202 Å². The van der Waals surface area contributed by atoms with Gasteiger partial charge >= 0.3 is 0 Å². The molecule has 0 amide bonds. The van der Waals surface area contributed by atoms with Crippen molar-refractivity contribution in [3.05, 3.63) is 48.5 Å². The van der Waals surface area contributed by atoms with Crippen molar-refractivity contribution in [1.29, 1.82) is 0 Å². The number of hydrogen-bond donors (Lipinski definition) is 0. The molecule has 11 heteroatoms. The fourth-order valence-corrected chi connectivity index (χ4v) is 7.44. The lowest BCUT2D eigenvalue weighted by Crippen LogP contribution is -2.55. The number of sulfonamides is 2. The molecule has 0 atom stereocenters. The van der Waals surface area contributed by atoms with E-state index in [0.717, 1.165) is 0 Å². The van der Waals surface area contributed by atoms with Gasteiger partial charge in [-0.3, -0.25) is 0 Å². The molecular formula is C23H32N2O7S2. The van der Waals surface area contributed by atoms with E-state index in [4.69, 9.17) is 14.2 Å². The van der Waals surface area contributed by atoms with Crippen LogP contribution in [0.15, 0.2) is 58.3 Å². The highest BCUT2D eigenvalue weighted by Crippen LogP contribution is 2.39. The van der Waals surface area contributed by atoms with Crippen LogP contribution in [0.25, 0.3) is 0 Å². The second-order valence-electron chi connectivity index (χ2n) is 7.63. The smallest absolute Gasteiger partial charge is 0.245 e. The van der Waals surface area contributed by atoms with Gasteiger partial charge in [-0.25, -0.2) is 16.8 Å². The molecule has 0 aliphatic carbocycles. The number of methoxy groups -OCH3 is 2. The Morgan fingerprint density at radius 2 is 1.29 bits per heavy atom. The van der Waals surface area contributed by atoms with E-state index in [1.54, 1.807) is 24.3 Å². The van der Waals surface area contributed by atoms with Gasteiger partial charge in [-0.05, 0) is 24.3 Å². The first-order valence-corrected chi connectivity index (χ1v) is 14.1. The number of rotatable bonds is 6. The molecule has 2 aliphatic rings. The molecule has 4 rings (SSSR count). The van der Waals surface area contributed by atoms with Crippen molar-refractivity contribution in [1.82, 2.24) is 8.61 Å². The summed E-state index contributed by atoms with van der Waals surface area (Å²) in [6, 6.07) is 12.6. The van der Waals surface area contributed by atoms with Crippen LogP contribution < -0.4 is 9.47 Å². The monoisotopic (exact) mass is 512 g/mol. The average molecular weight is 513 g/mol. The maximum Gasteiger partial charge on any atom is 0.245 e. The highest BCUT2D eigenvalue weighted by atomic mass is 32.2. The molecule has 9 nitrogen and oxygen atoms in total. The van der Waals surface area contributed by atoms with Gasteiger partial charge in [-0.15, -0.1) is 0 Å². The Morgan fingerprint density at radius 1 is 0.794 bits per heavy atom. The third kappa shape index (κ3) is 4.94. The van der Waals surface area contributed by atoms with Crippen molar-refractivity contribution in [2.24, 2.45) is 0 Å². The SMILES string of the molecule is CC.COc1cccc(S(=O)(=O)N2CCC3(CC2)OCCN3S(=O)(=O)c2cccc(OC)c2)c1. The van der Waals surface area contributed by atoms with Gasteiger partial charge in [-0.1, -0.05) is 26.0 Å². The molecule has 0 bridgehead atoms. The third-order valence-electron chi connectivity index (χ3n) is 5.93. The van der Waals surface area contributed by atoms with Gasteiger partial charge in [0.05, 0.1) is 30.6 Å². The van der Waals surface area contributed by atoms with Crippen LogP contribution in [0, 0.1) is 0 Å². The summed E-state index contributed by atoms with van der Waals surface area (Å²) in [4.78, 5) is 0.258. The van der Waals surface area contributed by atoms with E-state index in [2.05, 4.69) is 0 Å². The van der Waals surface area contributed by atoms with Crippen molar-refractivity contribution in [2.75, 3.05) is 40.5 Å². The van der Waals surface area contributed by atoms with E-state index in [1.165, 1.54) is 47.1 Å². The molecule has 0 saturated carbocycles.